The molecule has 0 spiro atoms. The third-order valence-electron chi connectivity index (χ3n) is 4.48. The quantitative estimate of drug-likeness (QED) is 0.822. The Morgan fingerprint density at radius 1 is 1.19 bits per heavy atom. The molecule has 2 atom stereocenters. The number of nitrogens with zero attached hydrogens (tertiary/aromatic N) is 2. The largest absolute Gasteiger partial charge is 0.378 e. The summed E-state index contributed by atoms with van der Waals surface area (Å²) in [5.74, 6) is -0.359. The van der Waals surface area contributed by atoms with Crippen molar-refractivity contribution >= 4 is 11.9 Å². The van der Waals surface area contributed by atoms with Gasteiger partial charge >= 0.3 is 6.03 Å². The molecule has 0 saturated carbocycles. The Hall–Kier alpha value is -2.59. The van der Waals surface area contributed by atoms with Crippen LogP contribution in [0.1, 0.15) is 26.3 Å². The first-order chi connectivity index (χ1) is 12.8. The molecule has 0 radical (unpaired) electrons. The number of urea groups is 1. The van der Waals surface area contributed by atoms with E-state index in [1.807, 2.05) is 51.1 Å². The molecule has 1 saturated heterocycles. The van der Waals surface area contributed by atoms with Gasteiger partial charge in [0.1, 0.15) is 12.1 Å². The van der Waals surface area contributed by atoms with Crippen LogP contribution in [0.3, 0.4) is 0 Å². The zero-order chi connectivity index (χ0) is 19.9. The number of amides is 3. The van der Waals surface area contributed by atoms with Crippen LogP contribution in [-0.4, -0.2) is 55.2 Å². The molecule has 1 aliphatic rings. The number of ether oxygens (including phenoxy) is 1. The highest BCUT2D eigenvalue weighted by atomic mass is 16.5. The molecule has 7 nitrogen and oxygen atoms in total. The molecule has 7 heteroatoms. The van der Waals surface area contributed by atoms with Gasteiger partial charge < -0.3 is 20.3 Å². The molecule has 0 bridgehead atoms. The van der Waals surface area contributed by atoms with Gasteiger partial charge in [-0.05, 0) is 11.0 Å². The standard InChI is InChI=1S/C20H28N4O3/c1-20(2,3)17(14-21)23-18(25)16(13-15-7-5-4-6-8-15)22-19(26)24-9-11-27-12-10-24/h4-8,16-17H,9-13H2,1-3H3,(H,22,26)(H,23,25)/t16-,17+/m0/s1. The van der Waals surface area contributed by atoms with Gasteiger partial charge in [-0.3, -0.25) is 4.79 Å². The first-order valence-corrected chi connectivity index (χ1v) is 9.18. The second kappa shape index (κ2) is 9.38. The molecular formula is C20H28N4O3. The molecule has 0 unspecified atom stereocenters. The van der Waals surface area contributed by atoms with Crippen LogP contribution in [0.25, 0.3) is 0 Å². The maximum Gasteiger partial charge on any atom is 0.318 e. The summed E-state index contributed by atoms with van der Waals surface area (Å²) >= 11 is 0. The Morgan fingerprint density at radius 3 is 2.37 bits per heavy atom. The van der Waals surface area contributed by atoms with Crippen LogP contribution in [0, 0.1) is 16.7 Å². The van der Waals surface area contributed by atoms with Gasteiger partial charge in [0.05, 0.1) is 19.3 Å². The molecule has 3 amide bonds. The molecular weight excluding hydrogens is 344 g/mol. The summed E-state index contributed by atoms with van der Waals surface area (Å²) in [4.78, 5) is 27.1. The van der Waals surface area contributed by atoms with Crippen molar-refractivity contribution in [2.45, 2.75) is 39.3 Å². The molecule has 146 valence electrons. The molecule has 1 heterocycles. The van der Waals surface area contributed by atoms with Crippen LogP contribution in [0.4, 0.5) is 4.79 Å². The maximum atomic E-state index is 12.9. The highest BCUT2D eigenvalue weighted by molar-refractivity contribution is 5.87. The predicted molar refractivity (Wildman–Crippen MR) is 102 cm³/mol. The van der Waals surface area contributed by atoms with Crippen LogP contribution in [0.15, 0.2) is 30.3 Å². The molecule has 2 N–H and O–H groups in total. The highest BCUT2D eigenvalue weighted by Gasteiger charge is 2.31. The summed E-state index contributed by atoms with van der Waals surface area (Å²) in [6, 6.07) is 9.93. The van der Waals surface area contributed by atoms with E-state index in [1.165, 1.54) is 0 Å². The van der Waals surface area contributed by atoms with Crippen molar-refractivity contribution in [3.63, 3.8) is 0 Å². The number of carbonyl (C=O) groups excluding carboxylic acids is 2. The van der Waals surface area contributed by atoms with Gasteiger partial charge in [-0.2, -0.15) is 5.26 Å². The van der Waals surface area contributed by atoms with Crippen molar-refractivity contribution in [3.8, 4) is 6.07 Å². The van der Waals surface area contributed by atoms with Crippen molar-refractivity contribution in [3.05, 3.63) is 35.9 Å². The number of hydrogen-bond donors (Lipinski definition) is 2. The molecule has 0 aromatic heterocycles. The van der Waals surface area contributed by atoms with Crippen LogP contribution < -0.4 is 10.6 Å². The van der Waals surface area contributed by atoms with Gasteiger partial charge in [-0.1, -0.05) is 51.1 Å². The summed E-state index contributed by atoms with van der Waals surface area (Å²) in [5.41, 5.74) is 0.528. The number of nitriles is 1. The van der Waals surface area contributed by atoms with E-state index in [9.17, 15) is 14.9 Å². The van der Waals surface area contributed by atoms with Crippen molar-refractivity contribution in [2.24, 2.45) is 5.41 Å². The normalized spacial score (nSPS) is 16.7. The van der Waals surface area contributed by atoms with E-state index in [0.29, 0.717) is 32.7 Å². The fourth-order valence-electron chi connectivity index (χ4n) is 2.75. The molecule has 1 fully saturated rings. The maximum absolute atomic E-state index is 12.9. The fraction of sp³-hybridized carbons (Fsp3) is 0.550. The Kier molecular flexibility index (Phi) is 7.19. The van der Waals surface area contributed by atoms with E-state index < -0.39 is 17.5 Å². The molecule has 2 rings (SSSR count). The number of benzene rings is 1. The Bertz CT molecular complexity index is 673. The SMILES string of the molecule is CC(C)(C)[C@@H](C#N)NC(=O)[C@H](Cc1ccccc1)NC(=O)N1CCOCC1. The molecule has 1 aromatic carbocycles. The van der Waals surface area contributed by atoms with E-state index in [0.717, 1.165) is 5.56 Å². The van der Waals surface area contributed by atoms with Gasteiger partial charge in [-0.15, -0.1) is 0 Å². The number of nitrogens with one attached hydrogen (secondary N) is 2. The summed E-state index contributed by atoms with van der Waals surface area (Å²) in [5, 5.41) is 15.0. The lowest BCUT2D eigenvalue weighted by molar-refractivity contribution is -0.124. The monoisotopic (exact) mass is 372 g/mol. The molecule has 27 heavy (non-hydrogen) atoms. The van der Waals surface area contributed by atoms with Crippen molar-refractivity contribution in [2.75, 3.05) is 26.3 Å². The van der Waals surface area contributed by atoms with Gasteiger partial charge in [0.25, 0.3) is 0 Å². The van der Waals surface area contributed by atoms with Gasteiger partial charge in [-0.25, -0.2) is 4.79 Å². The van der Waals surface area contributed by atoms with Crippen molar-refractivity contribution in [1.29, 1.82) is 5.26 Å². The lowest BCUT2D eigenvalue weighted by Gasteiger charge is -2.31. The Balaban J connectivity index is 2.12. The Labute approximate surface area is 160 Å². The lowest BCUT2D eigenvalue weighted by atomic mass is 9.87. The van der Waals surface area contributed by atoms with E-state index in [4.69, 9.17) is 4.74 Å². The molecule has 1 aliphatic heterocycles. The summed E-state index contributed by atoms with van der Waals surface area (Å²) < 4.78 is 5.27. The second-order valence-electron chi connectivity index (χ2n) is 7.73. The summed E-state index contributed by atoms with van der Waals surface area (Å²) in [7, 11) is 0. The molecule has 0 aliphatic carbocycles. The van der Waals surface area contributed by atoms with E-state index in [1.54, 1.807) is 4.90 Å². The van der Waals surface area contributed by atoms with Crippen LogP contribution in [0.5, 0.6) is 0 Å². The zero-order valence-corrected chi connectivity index (χ0v) is 16.2. The number of carbonyl (C=O) groups is 2. The van der Waals surface area contributed by atoms with E-state index in [2.05, 4.69) is 16.7 Å². The Morgan fingerprint density at radius 2 is 1.81 bits per heavy atom. The second-order valence-corrected chi connectivity index (χ2v) is 7.73. The third kappa shape index (κ3) is 6.26. The van der Waals surface area contributed by atoms with Gasteiger partial charge in [0, 0.05) is 19.5 Å². The van der Waals surface area contributed by atoms with Gasteiger partial charge in [0.15, 0.2) is 0 Å². The number of morpholine rings is 1. The summed E-state index contributed by atoms with van der Waals surface area (Å²) in [6.07, 6.45) is 0.352. The average molecular weight is 372 g/mol. The van der Waals surface area contributed by atoms with Crippen LogP contribution in [0.2, 0.25) is 0 Å². The minimum atomic E-state index is -0.763. The highest BCUT2D eigenvalue weighted by Crippen LogP contribution is 2.19. The summed E-state index contributed by atoms with van der Waals surface area (Å²) in [6.45, 7) is 7.63. The lowest BCUT2D eigenvalue weighted by Crippen LogP contribution is -2.56. The van der Waals surface area contributed by atoms with E-state index in [-0.39, 0.29) is 11.9 Å². The third-order valence-corrected chi connectivity index (χ3v) is 4.48. The zero-order valence-electron chi connectivity index (χ0n) is 16.2. The topological polar surface area (TPSA) is 94.5 Å². The minimum absolute atomic E-state index is 0.293. The minimum Gasteiger partial charge on any atom is -0.378 e. The fourth-order valence-corrected chi connectivity index (χ4v) is 2.75. The first kappa shape index (κ1) is 20.7. The average Bonchev–Trinajstić information content (AvgIpc) is 2.65. The smallest absolute Gasteiger partial charge is 0.318 e. The van der Waals surface area contributed by atoms with Crippen molar-refractivity contribution < 1.29 is 14.3 Å². The van der Waals surface area contributed by atoms with Crippen molar-refractivity contribution in [1.82, 2.24) is 15.5 Å². The number of hydrogen-bond acceptors (Lipinski definition) is 4. The molecule has 1 aromatic rings. The first-order valence-electron chi connectivity index (χ1n) is 9.18. The van der Waals surface area contributed by atoms with Crippen LogP contribution >= 0.6 is 0 Å². The number of rotatable bonds is 5. The van der Waals surface area contributed by atoms with E-state index >= 15 is 0 Å². The van der Waals surface area contributed by atoms with Crippen LogP contribution in [-0.2, 0) is 16.0 Å². The van der Waals surface area contributed by atoms with Gasteiger partial charge in [0.2, 0.25) is 5.91 Å². The predicted octanol–water partition coefficient (Wildman–Crippen LogP) is 1.69.